The average molecular weight is 221 g/mol. The minimum atomic E-state index is -1.33. The van der Waals surface area contributed by atoms with Gasteiger partial charge < -0.3 is 25.4 Å². The van der Waals surface area contributed by atoms with Gasteiger partial charge in [-0.15, -0.1) is 0 Å². The third kappa shape index (κ3) is 5.08. The number of aliphatic hydroxyl groups is 3. The molecule has 0 atom stereocenters. The Bertz CT molecular complexity index is 173. The Hall–Kier alpha value is -0.690. The van der Waals surface area contributed by atoms with Crippen LogP contribution in [0.3, 0.4) is 0 Å². The lowest BCUT2D eigenvalue weighted by Gasteiger charge is -2.28. The topological polar surface area (TPSA) is 99.0 Å². The molecular weight excluding hydrogens is 202 g/mol. The SMILES string of the molecule is COCCCC(=O)NC(CO)(CO)CO. The lowest BCUT2D eigenvalue weighted by atomic mass is 10.0. The molecule has 0 aromatic heterocycles. The number of hydrogen-bond donors (Lipinski definition) is 4. The molecule has 1 amide bonds. The number of amides is 1. The molecule has 0 heterocycles. The summed E-state index contributed by atoms with van der Waals surface area (Å²) in [5.41, 5.74) is -1.33. The number of hydrogen-bond acceptors (Lipinski definition) is 5. The van der Waals surface area contributed by atoms with E-state index >= 15 is 0 Å². The summed E-state index contributed by atoms with van der Waals surface area (Å²) in [5.74, 6) is -0.329. The van der Waals surface area contributed by atoms with Crippen molar-refractivity contribution in [2.75, 3.05) is 33.5 Å². The molecule has 0 rings (SSSR count). The molecule has 0 saturated carbocycles. The molecule has 0 aliphatic heterocycles. The summed E-state index contributed by atoms with van der Waals surface area (Å²) in [7, 11) is 1.54. The first-order valence-corrected chi connectivity index (χ1v) is 4.76. The maximum atomic E-state index is 11.3. The Morgan fingerprint density at radius 1 is 1.27 bits per heavy atom. The highest BCUT2D eigenvalue weighted by molar-refractivity contribution is 5.76. The van der Waals surface area contributed by atoms with E-state index in [0.29, 0.717) is 13.0 Å². The van der Waals surface area contributed by atoms with E-state index in [1.165, 1.54) is 7.11 Å². The van der Waals surface area contributed by atoms with Gasteiger partial charge in [0, 0.05) is 20.1 Å². The zero-order valence-corrected chi connectivity index (χ0v) is 8.90. The van der Waals surface area contributed by atoms with Crippen LogP contribution in [-0.4, -0.2) is 60.3 Å². The quantitative estimate of drug-likeness (QED) is 0.364. The van der Waals surface area contributed by atoms with Gasteiger partial charge in [-0.1, -0.05) is 0 Å². The molecule has 0 radical (unpaired) electrons. The number of aliphatic hydroxyl groups excluding tert-OH is 3. The molecule has 6 nitrogen and oxygen atoms in total. The van der Waals surface area contributed by atoms with Gasteiger partial charge in [0.15, 0.2) is 0 Å². The van der Waals surface area contributed by atoms with Crippen molar-refractivity contribution in [2.45, 2.75) is 18.4 Å². The largest absolute Gasteiger partial charge is 0.394 e. The fourth-order valence-electron chi connectivity index (χ4n) is 1.00. The summed E-state index contributed by atoms with van der Waals surface area (Å²) in [5, 5.41) is 29.2. The van der Waals surface area contributed by atoms with Crippen LogP contribution in [-0.2, 0) is 9.53 Å². The Kier molecular flexibility index (Phi) is 7.23. The van der Waals surface area contributed by atoms with Crippen LogP contribution in [0.4, 0.5) is 0 Å². The molecule has 0 aromatic carbocycles. The minimum absolute atomic E-state index is 0.232. The normalized spacial score (nSPS) is 11.5. The van der Waals surface area contributed by atoms with Gasteiger partial charge in [0.25, 0.3) is 0 Å². The van der Waals surface area contributed by atoms with Crippen molar-refractivity contribution in [2.24, 2.45) is 0 Å². The number of carbonyl (C=O) groups excluding carboxylic acids is 1. The second kappa shape index (κ2) is 7.58. The monoisotopic (exact) mass is 221 g/mol. The Labute approximate surface area is 88.9 Å². The van der Waals surface area contributed by atoms with E-state index in [0.717, 1.165) is 0 Å². The van der Waals surface area contributed by atoms with E-state index in [1.807, 2.05) is 0 Å². The number of rotatable bonds is 8. The van der Waals surface area contributed by atoms with Gasteiger partial charge in [0.2, 0.25) is 5.91 Å². The highest BCUT2D eigenvalue weighted by Crippen LogP contribution is 2.02. The summed E-state index contributed by atoms with van der Waals surface area (Å²) in [6.07, 6.45) is 0.788. The van der Waals surface area contributed by atoms with Gasteiger partial charge in [0.05, 0.1) is 19.8 Å². The van der Waals surface area contributed by atoms with Crippen molar-refractivity contribution in [1.82, 2.24) is 5.32 Å². The average Bonchev–Trinajstić information content (AvgIpc) is 2.26. The summed E-state index contributed by atoms with van der Waals surface area (Å²) in [6, 6.07) is 0. The van der Waals surface area contributed by atoms with Gasteiger partial charge in [0.1, 0.15) is 5.54 Å². The van der Waals surface area contributed by atoms with Crippen LogP contribution in [0.15, 0.2) is 0 Å². The van der Waals surface area contributed by atoms with E-state index in [1.54, 1.807) is 0 Å². The predicted molar refractivity (Wildman–Crippen MR) is 53.2 cm³/mol. The lowest BCUT2D eigenvalue weighted by Crippen LogP contribution is -2.57. The van der Waals surface area contributed by atoms with E-state index < -0.39 is 25.4 Å². The van der Waals surface area contributed by atoms with E-state index in [-0.39, 0.29) is 12.3 Å². The summed E-state index contributed by atoms with van der Waals surface area (Å²) in [4.78, 5) is 11.3. The molecule has 90 valence electrons. The molecule has 0 saturated heterocycles. The second-order valence-corrected chi connectivity index (χ2v) is 3.40. The third-order valence-corrected chi connectivity index (χ3v) is 2.06. The molecule has 15 heavy (non-hydrogen) atoms. The fourth-order valence-corrected chi connectivity index (χ4v) is 1.00. The highest BCUT2D eigenvalue weighted by Gasteiger charge is 2.29. The van der Waals surface area contributed by atoms with Crippen LogP contribution < -0.4 is 5.32 Å². The van der Waals surface area contributed by atoms with Gasteiger partial charge in [-0.25, -0.2) is 0 Å². The maximum absolute atomic E-state index is 11.3. The number of nitrogens with one attached hydrogen (secondary N) is 1. The number of methoxy groups -OCH3 is 1. The van der Waals surface area contributed by atoms with Crippen molar-refractivity contribution < 1.29 is 24.9 Å². The summed E-state index contributed by atoms with van der Waals surface area (Å²) < 4.78 is 4.77. The molecule has 0 fully saturated rings. The zero-order chi connectivity index (χ0) is 11.7. The first kappa shape index (κ1) is 14.3. The van der Waals surface area contributed by atoms with Crippen LogP contribution in [0.1, 0.15) is 12.8 Å². The smallest absolute Gasteiger partial charge is 0.220 e. The van der Waals surface area contributed by atoms with Gasteiger partial charge in [-0.2, -0.15) is 0 Å². The van der Waals surface area contributed by atoms with Gasteiger partial charge in [-0.05, 0) is 6.42 Å². The molecule has 0 aliphatic carbocycles. The van der Waals surface area contributed by atoms with Crippen molar-refractivity contribution in [1.29, 1.82) is 0 Å². The van der Waals surface area contributed by atoms with Crippen LogP contribution in [0.2, 0.25) is 0 Å². The molecule has 0 bridgehead atoms. The third-order valence-electron chi connectivity index (χ3n) is 2.06. The minimum Gasteiger partial charge on any atom is -0.394 e. The molecule has 0 aliphatic rings. The lowest BCUT2D eigenvalue weighted by molar-refractivity contribution is -0.125. The standard InChI is InChI=1S/C9H19NO5/c1-15-4-2-3-8(14)10-9(5-11,6-12)7-13/h11-13H,2-7H2,1H3,(H,10,14). The van der Waals surface area contributed by atoms with Crippen molar-refractivity contribution >= 4 is 5.91 Å². The summed E-state index contributed by atoms with van der Waals surface area (Å²) >= 11 is 0. The van der Waals surface area contributed by atoms with Crippen molar-refractivity contribution in [3.05, 3.63) is 0 Å². The summed E-state index contributed by atoms with van der Waals surface area (Å²) in [6.45, 7) is -1.04. The molecule has 4 N–H and O–H groups in total. The number of carbonyl (C=O) groups is 1. The predicted octanol–water partition coefficient (Wildman–Crippen LogP) is -1.76. The molecular formula is C9H19NO5. The first-order chi connectivity index (χ1) is 7.14. The van der Waals surface area contributed by atoms with Gasteiger partial charge in [-0.3, -0.25) is 4.79 Å². The molecule has 0 aromatic rings. The maximum Gasteiger partial charge on any atom is 0.220 e. The van der Waals surface area contributed by atoms with Crippen molar-refractivity contribution in [3.8, 4) is 0 Å². The molecule has 6 heteroatoms. The Balaban J connectivity index is 4.00. The zero-order valence-electron chi connectivity index (χ0n) is 8.90. The van der Waals surface area contributed by atoms with Crippen LogP contribution in [0.25, 0.3) is 0 Å². The number of ether oxygens (including phenoxy) is 1. The van der Waals surface area contributed by atoms with E-state index in [2.05, 4.69) is 5.32 Å². The van der Waals surface area contributed by atoms with Gasteiger partial charge >= 0.3 is 0 Å². The van der Waals surface area contributed by atoms with Crippen molar-refractivity contribution in [3.63, 3.8) is 0 Å². The van der Waals surface area contributed by atoms with Crippen LogP contribution in [0, 0.1) is 0 Å². The highest BCUT2D eigenvalue weighted by atomic mass is 16.5. The Morgan fingerprint density at radius 2 is 1.80 bits per heavy atom. The second-order valence-electron chi connectivity index (χ2n) is 3.40. The van der Waals surface area contributed by atoms with Crippen LogP contribution >= 0.6 is 0 Å². The van der Waals surface area contributed by atoms with E-state index in [4.69, 9.17) is 20.1 Å². The van der Waals surface area contributed by atoms with E-state index in [9.17, 15) is 4.79 Å². The molecule has 0 unspecified atom stereocenters. The molecule has 0 spiro atoms. The van der Waals surface area contributed by atoms with Crippen LogP contribution in [0.5, 0.6) is 0 Å². The first-order valence-electron chi connectivity index (χ1n) is 4.76. The fraction of sp³-hybridized carbons (Fsp3) is 0.889. The Morgan fingerprint density at radius 3 is 2.20 bits per heavy atom.